The summed E-state index contributed by atoms with van der Waals surface area (Å²) in [6.07, 6.45) is 7.06. The number of amides is 1. The highest BCUT2D eigenvalue weighted by Gasteiger charge is 2.25. The molecule has 0 bridgehead atoms. The molecule has 0 atom stereocenters. The molecule has 2 rings (SSSR count). The molecule has 1 amide bonds. The van der Waals surface area contributed by atoms with E-state index in [0.717, 1.165) is 29.5 Å². The van der Waals surface area contributed by atoms with Crippen molar-refractivity contribution in [1.82, 2.24) is 4.90 Å². The van der Waals surface area contributed by atoms with E-state index in [1.807, 2.05) is 4.90 Å². The van der Waals surface area contributed by atoms with Gasteiger partial charge in [0.1, 0.15) is 0 Å². The highest BCUT2D eigenvalue weighted by atomic mass is 79.9. The van der Waals surface area contributed by atoms with E-state index >= 15 is 0 Å². The van der Waals surface area contributed by atoms with Gasteiger partial charge in [-0.15, -0.1) is 11.3 Å². The van der Waals surface area contributed by atoms with Crippen molar-refractivity contribution >= 4 is 33.2 Å². The third-order valence-corrected chi connectivity index (χ3v) is 5.55. The molecule has 20 heavy (non-hydrogen) atoms. The number of carbonyl (C=O) groups excluding carboxylic acids is 1. The maximum absolute atomic E-state index is 12.3. The van der Waals surface area contributed by atoms with Crippen LogP contribution >= 0.6 is 27.3 Å². The van der Waals surface area contributed by atoms with Crippen LogP contribution in [-0.2, 0) is 11.2 Å². The number of carbonyl (C=O) groups is 1. The highest BCUT2D eigenvalue weighted by Crippen LogP contribution is 2.25. The molecule has 1 saturated carbocycles. The van der Waals surface area contributed by atoms with E-state index in [0.29, 0.717) is 19.0 Å². The fraction of sp³-hybridized carbons (Fsp3) is 0.667. The van der Waals surface area contributed by atoms with Crippen LogP contribution in [0.5, 0.6) is 0 Å². The molecule has 5 heteroatoms. The van der Waals surface area contributed by atoms with Crippen molar-refractivity contribution in [3.8, 4) is 0 Å². The Morgan fingerprint density at radius 2 is 2.15 bits per heavy atom. The predicted molar refractivity (Wildman–Crippen MR) is 86.0 cm³/mol. The van der Waals surface area contributed by atoms with E-state index in [4.69, 9.17) is 5.11 Å². The molecule has 0 saturated heterocycles. The van der Waals surface area contributed by atoms with Crippen LogP contribution in [0.1, 0.15) is 43.4 Å². The first-order valence-corrected chi connectivity index (χ1v) is 8.96. The average Bonchev–Trinajstić information content (AvgIpc) is 3.07. The van der Waals surface area contributed by atoms with Crippen LogP contribution in [0.3, 0.4) is 0 Å². The second-order valence-electron chi connectivity index (χ2n) is 5.31. The van der Waals surface area contributed by atoms with Gasteiger partial charge in [0.25, 0.3) is 0 Å². The molecule has 112 valence electrons. The predicted octanol–water partition coefficient (Wildman–Crippen LogP) is 3.60. The summed E-state index contributed by atoms with van der Waals surface area (Å²) < 4.78 is 1.15. The number of hydrogen-bond donors (Lipinski definition) is 1. The van der Waals surface area contributed by atoms with Crippen LogP contribution in [-0.4, -0.2) is 35.1 Å². The highest BCUT2D eigenvalue weighted by molar-refractivity contribution is 9.11. The van der Waals surface area contributed by atoms with Crippen molar-refractivity contribution < 1.29 is 9.90 Å². The van der Waals surface area contributed by atoms with Crippen molar-refractivity contribution in [2.75, 3.05) is 13.2 Å². The lowest BCUT2D eigenvalue weighted by molar-refractivity contribution is -0.134. The first-order chi connectivity index (χ1) is 9.70. The summed E-state index contributed by atoms with van der Waals surface area (Å²) in [5.74, 6) is 0.210. The Bertz CT molecular complexity index is 429. The summed E-state index contributed by atoms with van der Waals surface area (Å²) in [5, 5.41) is 9.15. The number of hydrogen-bond acceptors (Lipinski definition) is 3. The first kappa shape index (κ1) is 16.0. The largest absolute Gasteiger partial charge is 0.395 e. The second-order valence-corrected chi connectivity index (χ2v) is 7.86. The smallest absolute Gasteiger partial charge is 0.222 e. The fourth-order valence-electron chi connectivity index (χ4n) is 2.88. The summed E-state index contributed by atoms with van der Waals surface area (Å²) in [5.41, 5.74) is 0. The molecule has 0 radical (unpaired) electrons. The van der Waals surface area contributed by atoms with Gasteiger partial charge >= 0.3 is 0 Å². The summed E-state index contributed by atoms with van der Waals surface area (Å²) in [4.78, 5) is 15.6. The number of thiophene rings is 1. The molecule has 1 heterocycles. The molecule has 1 N–H and O–H groups in total. The molecule has 1 aromatic rings. The monoisotopic (exact) mass is 359 g/mol. The number of halogens is 1. The van der Waals surface area contributed by atoms with E-state index in [1.54, 1.807) is 11.3 Å². The van der Waals surface area contributed by atoms with Gasteiger partial charge in [-0.1, -0.05) is 12.8 Å². The van der Waals surface area contributed by atoms with Gasteiger partial charge in [0.2, 0.25) is 5.91 Å². The van der Waals surface area contributed by atoms with E-state index in [-0.39, 0.29) is 12.5 Å². The van der Waals surface area contributed by atoms with Gasteiger partial charge < -0.3 is 10.0 Å². The molecule has 1 aliphatic carbocycles. The van der Waals surface area contributed by atoms with Crippen LogP contribution in [0.25, 0.3) is 0 Å². The summed E-state index contributed by atoms with van der Waals surface area (Å²) in [7, 11) is 0. The number of rotatable bonds is 7. The van der Waals surface area contributed by atoms with E-state index in [1.165, 1.54) is 17.7 Å². The molecule has 0 unspecified atom stereocenters. The Kier molecular flexibility index (Phi) is 6.52. The van der Waals surface area contributed by atoms with Crippen molar-refractivity contribution in [3.63, 3.8) is 0 Å². The van der Waals surface area contributed by atoms with Gasteiger partial charge in [0.15, 0.2) is 0 Å². The standard InChI is InChI=1S/C15H22BrNO2S/c16-14-9-8-13(20-14)6-3-7-15(19)17(10-11-18)12-4-1-2-5-12/h8-9,12,18H,1-7,10-11H2. The topological polar surface area (TPSA) is 40.5 Å². The van der Waals surface area contributed by atoms with Crippen LogP contribution in [0.2, 0.25) is 0 Å². The summed E-state index contributed by atoms with van der Waals surface area (Å²) >= 11 is 5.19. The average molecular weight is 360 g/mol. The third kappa shape index (κ3) is 4.57. The quantitative estimate of drug-likeness (QED) is 0.807. The SMILES string of the molecule is O=C(CCCc1ccc(Br)s1)N(CCO)C1CCCC1. The normalized spacial score (nSPS) is 15.7. The van der Waals surface area contributed by atoms with Gasteiger partial charge in [-0.3, -0.25) is 4.79 Å². The number of nitrogens with zero attached hydrogens (tertiary/aromatic N) is 1. The van der Waals surface area contributed by atoms with Crippen molar-refractivity contribution in [3.05, 3.63) is 20.8 Å². The van der Waals surface area contributed by atoms with Gasteiger partial charge in [0, 0.05) is 23.9 Å². The van der Waals surface area contributed by atoms with E-state index in [9.17, 15) is 4.79 Å². The van der Waals surface area contributed by atoms with E-state index in [2.05, 4.69) is 28.1 Å². The molecule has 0 aliphatic heterocycles. The molecule has 1 fully saturated rings. The molecule has 0 aromatic carbocycles. The molecule has 0 spiro atoms. The third-order valence-electron chi connectivity index (χ3n) is 3.87. The van der Waals surface area contributed by atoms with Crippen LogP contribution in [0, 0.1) is 0 Å². The van der Waals surface area contributed by atoms with Gasteiger partial charge in [-0.2, -0.15) is 0 Å². The van der Waals surface area contributed by atoms with Crippen LogP contribution in [0.15, 0.2) is 15.9 Å². The lowest BCUT2D eigenvalue weighted by Crippen LogP contribution is -2.40. The minimum atomic E-state index is 0.0696. The van der Waals surface area contributed by atoms with Crippen LogP contribution < -0.4 is 0 Å². The number of aryl methyl sites for hydroxylation is 1. The Hall–Kier alpha value is -0.390. The van der Waals surface area contributed by atoms with Gasteiger partial charge in [0.05, 0.1) is 10.4 Å². The van der Waals surface area contributed by atoms with Gasteiger partial charge in [-0.25, -0.2) is 0 Å². The van der Waals surface area contributed by atoms with Gasteiger partial charge in [-0.05, 0) is 53.7 Å². The number of aliphatic hydroxyl groups excluding tert-OH is 1. The Balaban J connectivity index is 1.78. The minimum absolute atomic E-state index is 0.0696. The molecular weight excluding hydrogens is 338 g/mol. The Labute approximate surface area is 133 Å². The van der Waals surface area contributed by atoms with Crippen LogP contribution in [0.4, 0.5) is 0 Å². The fourth-order valence-corrected chi connectivity index (χ4v) is 4.40. The Morgan fingerprint density at radius 3 is 2.75 bits per heavy atom. The number of aliphatic hydroxyl groups is 1. The van der Waals surface area contributed by atoms with Crippen molar-refractivity contribution in [2.24, 2.45) is 0 Å². The molecule has 1 aliphatic rings. The second kappa shape index (κ2) is 8.15. The Morgan fingerprint density at radius 1 is 1.40 bits per heavy atom. The maximum Gasteiger partial charge on any atom is 0.222 e. The maximum atomic E-state index is 12.3. The zero-order valence-electron chi connectivity index (χ0n) is 11.7. The lowest BCUT2D eigenvalue weighted by Gasteiger charge is -2.28. The molecular formula is C15H22BrNO2S. The van der Waals surface area contributed by atoms with E-state index < -0.39 is 0 Å². The summed E-state index contributed by atoms with van der Waals surface area (Å²) in [6, 6.07) is 4.53. The minimum Gasteiger partial charge on any atom is -0.395 e. The lowest BCUT2D eigenvalue weighted by atomic mass is 10.1. The zero-order chi connectivity index (χ0) is 14.4. The zero-order valence-corrected chi connectivity index (χ0v) is 14.1. The molecule has 3 nitrogen and oxygen atoms in total. The molecule has 1 aromatic heterocycles. The first-order valence-electron chi connectivity index (χ1n) is 7.35. The summed E-state index contributed by atoms with van der Waals surface area (Å²) in [6.45, 7) is 0.564. The van der Waals surface area contributed by atoms with Crippen molar-refractivity contribution in [2.45, 2.75) is 51.0 Å². The van der Waals surface area contributed by atoms with Crippen molar-refractivity contribution in [1.29, 1.82) is 0 Å².